The van der Waals surface area contributed by atoms with E-state index in [1.54, 1.807) is 11.8 Å². The van der Waals surface area contributed by atoms with Crippen LogP contribution in [0.5, 0.6) is 11.5 Å². The van der Waals surface area contributed by atoms with Gasteiger partial charge in [0.25, 0.3) is 0 Å². The molecular formula is C21H27NO3S. The molecule has 0 fully saturated rings. The fraction of sp³-hybridized carbons (Fsp3) is 0.381. The van der Waals surface area contributed by atoms with Gasteiger partial charge in [0.2, 0.25) is 5.91 Å². The molecule has 0 aromatic heterocycles. The van der Waals surface area contributed by atoms with Crippen LogP contribution in [0.25, 0.3) is 0 Å². The number of thioether (sulfide) groups is 1. The van der Waals surface area contributed by atoms with E-state index in [-0.39, 0.29) is 11.2 Å². The fourth-order valence-corrected chi connectivity index (χ4v) is 3.28. The summed E-state index contributed by atoms with van der Waals surface area (Å²) in [6, 6.07) is 16.0. The van der Waals surface area contributed by atoms with Gasteiger partial charge in [0.15, 0.2) is 11.5 Å². The van der Waals surface area contributed by atoms with Gasteiger partial charge in [-0.15, -0.1) is 11.8 Å². The van der Waals surface area contributed by atoms with Crippen LogP contribution in [0.4, 0.5) is 0 Å². The van der Waals surface area contributed by atoms with Gasteiger partial charge in [-0.3, -0.25) is 4.79 Å². The Morgan fingerprint density at radius 3 is 2.38 bits per heavy atom. The van der Waals surface area contributed by atoms with Gasteiger partial charge in [-0.05, 0) is 44.0 Å². The lowest BCUT2D eigenvalue weighted by molar-refractivity contribution is -0.120. The Kier molecular flexibility index (Phi) is 8.35. The minimum Gasteiger partial charge on any atom is -0.490 e. The van der Waals surface area contributed by atoms with Crippen molar-refractivity contribution in [3.8, 4) is 11.5 Å². The SMILES string of the molecule is CCOc1ccc(CNC(=O)C(C)SCc2ccccc2)cc1OCC. The lowest BCUT2D eigenvalue weighted by Gasteiger charge is -2.14. The quantitative estimate of drug-likeness (QED) is 0.670. The maximum absolute atomic E-state index is 12.3. The largest absolute Gasteiger partial charge is 0.490 e. The Balaban J connectivity index is 1.86. The third-order valence-electron chi connectivity index (χ3n) is 3.79. The van der Waals surface area contributed by atoms with E-state index < -0.39 is 0 Å². The number of benzene rings is 2. The predicted octanol–water partition coefficient (Wildman–Crippen LogP) is 4.42. The van der Waals surface area contributed by atoms with Crippen LogP contribution in [-0.2, 0) is 17.1 Å². The summed E-state index contributed by atoms with van der Waals surface area (Å²) in [7, 11) is 0. The molecule has 0 radical (unpaired) electrons. The topological polar surface area (TPSA) is 47.6 Å². The summed E-state index contributed by atoms with van der Waals surface area (Å²) in [4.78, 5) is 12.3. The molecule has 0 saturated carbocycles. The van der Waals surface area contributed by atoms with Crippen molar-refractivity contribution in [2.75, 3.05) is 13.2 Å². The molecule has 2 aromatic carbocycles. The number of hydrogen-bond donors (Lipinski definition) is 1. The standard InChI is InChI=1S/C21H27NO3S/c1-4-24-19-12-11-18(13-20(19)25-5-2)14-22-21(23)16(3)26-15-17-9-7-6-8-10-17/h6-13,16H,4-5,14-15H2,1-3H3,(H,22,23). The lowest BCUT2D eigenvalue weighted by atomic mass is 10.2. The zero-order valence-electron chi connectivity index (χ0n) is 15.7. The third kappa shape index (κ3) is 6.30. The van der Waals surface area contributed by atoms with Crippen LogP contribution in [0.1, 0.15) is 31.9 Å². The van der Waals surface area contributed by atoms with Crippen LogP contribution in [0.3, 0.4) is 0 Å². The summed E-state index contributed by atoms with van der Waals surface area (Å²) in [5.74, 6) is 2.31. The van der Waals surface area contributed by atoms with E-state index in [2.05, 4.69) is 17.4 Å². The average molecular weight is 374 g/mol. The highest BCUT2D eigenvalue weighted by Crippen LogP contribution is 2.28. The number of amides is 1. The Labute approximate surface area is 160 Å². The van der Waals surface area contributed by atoms with Gasteiger partial charge in [0.1, 0.15) is 0 Å². The van der Waals surface area contributed by atoms with Crippen LogP contribution in [0.2, 0.25) is 0 Å². The molecule has 1 N–H and O–H groups in total. The van der Waals surface area contributed by atoms with Crippen molar-refractivity contribution in [1.29, 1.82) is 0 Å². The van der Waals surface area contributed by atoms with Crippen LogP contribution in [0, 0.1) is 0 Å². The summed E-state index contributed by atoms with van der Waals surface area (Å²) < 4.78 is 11.2. The Morgan fingerprint density at radius 1 is 1.00 bits per heavy atom. The molecule has 0 spiro atoms. The number of rotatable bonds is 10. The molecule has 0 heterocycles. The van der Waals surface area contributed by atoms with E-state index in [0.717, 1.165) is 17.1 Å². The van der Waals surface area contributed by atoms with Gasteiger partial charge in [-0.1, -0.05) is 36.4 Å². The highest BCUT2D eigenvalue weighted by Gasteiger charge is 2.14. The summed E-state index contributed by atoms with van der Waals surface area (Å²) >= 11 is 1.64. The molecule has 4 nitrogen and oxygen atoms in total. The third-order valence-corrected chi connectivity index (χ3v) is 5.00. The van der Waals surface area contributed by atoms with Gasteiger partial charge in [0, 0.05) is 12.3 Å². The fourth-order valence-electron chi connectivity index (χ4n) is 2.41. The molecule has 2 aromatic rings. The number of nitrogens with one attached hydrogen (secondary N) is 1. The highest BCUT2D eigenvalue weighted by atomic mass is 32.2. The summed E-state index contributed by atoms with van der Waals surface area (Å²) in [6.45, 7) is 7.46. The van der Waals surface area contributed by atoms with Crippen molar-refractivity contribution >= 4 is 17.7 Å². The second-order valence-corrected chi connectivity index (χ2v) is 7.13. The molecule has 1 atom stereocenters. The Morgan fingerprint density at radius 2 is 1.69 bits per heavy atom. The maximum Gasteiger partial charge on any atom is 0.233 e. The molecule has 0 aliphatic heterocycles. The van der Waals surface area contributed by atoms with E-state index >= 15 is 0 Å². The first-order valence-electron chi connectivity index (χ1n) is 8.95. The minimum atomic E-state index is -0.107. The first-order valence-corrected chi connectivity index (χ1v) is 10.0. The molecule has 2 rings (SSSR count). The summed E-state index contributed by atoms with van der Waals surface area (Å²) in [5.41, 5.74) is 2.22. The summed E-state index contributed by atoms with van der Waals surface area (Å²) in [5, 5.41) is 2.89. The van der Waals surface area contributed by atoms with Crippen LogP contribution in [0.15, 0.2) is 48.5 Å². The first kappa shape index (κ1) is 20.2. The van der Waals surface area contributed by atoms with Gasteiger partial charge < -0.3 is 14.8 Å². The summed E-state index contributed by atoms with van der Waals surface area (Å²) in [6.07, 6.45) is 0. The molecule has 5 heteroatoms. The van der Waals surface area contributed by atoms with E-state index in [1.165, 1.54) is 5.56 Å². The zero-order valence-corrected chi connectivity index (χ0v) is 16.5. The minimum absolute atomic E-state index is 0.0396. The molecule has 140 valence electrons. The van der Waals surface area contributed by atoms with Gasteiger partial charge in [-0.2, -0.15) is 0 Å². The maximum atomic E-state index is 12.3. The average Bonchev–Trinajstić information content (AvgIpc) is 2.67. The van der Waals surface area contributed by atoms with E-state index in [1.807, 2.05) is 57.2 Å². The molecule has 0 saturated heterocycles. The number of ether oxygens (including phenoxy) is 2. The van der Waals surface area contributed by atoms with Crippen molar-refractivity contribution in [2.45, 2.75) is 38.3 Å². The molecule has 0 bridgehead atoms. The van der Waals surface area contributed by atoms with Crippen molar-refractivity contribution in [3.05, 3.63) is 59.7 Å². The number of carbonyl (C=O) groups excluding carboxylic acids is 1. The van der Waals surface area contributed by atoms with Crippen molar-refractivity contribution < 1.29 is 14.3 Å². The van der Waals surface area contributed by atoms with Gasteiger partial charge in [0.05, 0.1) is 18.5 Å². The zero-order chi connectivity index (χ0) is 18.8. The van der Waals surface area contributed by atoms with Crippen LogP contribution in [-0.4, -0.2) is 24.4 Å². The predicted molar refractivity (Wildman–Crippen MR) is 108 cm³/mol. The number of carbonyl (C=O) groups is 1. The molecule has 0 aliphatic carbocycles. The Hall–Kier alpha value is -2.14. The van der Waals surface area contributed by atoms with Crippen molar-refractivity contribution in [1.82, 2.24) is 5.32 Å². The second-order valence-electron chi connectivity index (χ2n) is 5.80. The van der Waals surface area contributed by atoms with Crippen LogP contribution < -0.4 is 14.8 Å². The van der Waals surface area contributed by atoms with E-state index in [4.69, 9.17) is 9.47 Å². The van der Waals surface area contributed by atoms with E-state index in [0.29, 0.717) is 25.5 Å². The van der Waals surface area contributed by atoms with Crippen molar-refractivity contribution in [2.24, 2.45) is 0 Å². The Bertz CT molecular complexity index is 691. The lowest BCUT2D eigenvalue weighted by Crippen LogP contribution is -2.30. The van der Waals surface area contributed by atoms with Crippen LogP contribution >= 0.6 is 11.8 Å². The monoisotopic (exact) mass is 373 g/mol. The molecule has 1 unspecified atom stereocenters. The number of hydrogen-bond acceptors (Lipinski definition) is 4. The highest BCUT2D eigenvalue weighted by molar-refractivity contribution is 7.99. The first-order chi connectivity index (χ1) is 12.6. The van der Waals surface area contributed by atoms with Crippen molar-refractivity contribution in [3.63, 3.8) is 0 Å². The van der Waals surface area contributed by atoms with Gasteiger partial charge in [-0.25, -0.2) is 0 Å². The second kappa shape index (κ2) is 10.8. The molecule has 0 aliphatic rings. The molecular weight excluding hydrogens is 346 g/mol. The smallest absolute Gasteiger partial charge is 0.233 e. The van der Waals surface area contributed by atoms with Gasteiger partial charge >= 0.3 is 0 Å². The molecule has 1 amide bonds. The normalized spacial score (nSPS) is 11.7. The molecule has 26 heavy (non-hydrogen) atoms. The van der Waals surface area contributed by atoms with E-state index in [9.17, 15) is 4.79 Å².